The maximum Gasteiger partial charge on any atom is 0.227 e. The molecule has 1 aromatic heterocycles. The molecule has 5 nitrogen and oxygen atoms in total. The zero-order chi connectivity index (χ0) is 15.2. The van der Waals surface area contributed by atoms with Gasteiger partial charge in [0.15, 0.2) is 0 Å². The van der Waals surface area contributed by atoms with Gasteiger partial charge in [0.05, 0.1) is 7.11 Å². The highest BCUT2D eigenvalue weighted by atomic mass is 16.5. The summed E-state index contributed by atoms with van der Waals surface area (Å²) >= 11 is 0. The van der Waals surface area contributed by atoms with Gasteiger partial charge in [-0.05, 0) is 43.7 Å². The highest BCUT2D eigenvalue weighted by molar-refractivity contribution is 5.58. The standard InChI is InChI=1S/C16H23N3O2/c1-11(2)17-9-5-6-15-18-16(19-21-15)13-7-8-14(20-4)12(3)10-13/h7-8,10-11,17H,5-6,9H2,1-4H3. The molecular formula is C16H23N3O2. The molecule has 0 aliphatic rings. The predicted octanol–water partition coefficient (Wildman–Crippen LogP) is 2.98. The van der Waals surface area contributed by atoms with Crippen LogP contribution in [0, 0.1) is 6.92 Å². The third-order valence-corrected chi connectivity index (χ3v) is 3.24. The van der Waals surface area contributed by atoms with Crippen LogP contribution in [0.2, 0.25) is 0 Å². The molecule has 2 rings (SSSR count). The van der Waals surface area contributed by atoms with Gasteiger partial charge in [0, 0.05) is 18.0 Å². The molecule has 0 fully saturated rings. The van der Waals surface area contributed by atoms with E-state index in [1.165, 1.54) is 0 Å². The van der Waals surface area contributed by atoms with Crippen molar-refractivity contribution in [3.63, 3.8) is 0 Å². The minimum atomic E-state index is 0.505. The molecule has 0 aliphatic carbocycles. The van der Waals surface area contributed by atoms with Crippen LogP contribution >= 0.6 is 0 Å². The molecule has 0 saturated carbocycles. The Hall–Kier alpha value is -1.88. The van der Waals surface area contributed by atoms with Gasteiger partial charge in [0.2, 0.25) is 11.7 Å². The summed E-state index contributed by atoms with van der Waals surface area (Å²) in [6.45, 7) is 7.23. The number of methoxy groups -OCH3 is 1. The molecule has 1 aromatic carbocycles. The molecule has 5 heteroatoms. The average molecular weight is 289 g/mol. The summed E-state index contributed by atoms with van der Waals surface area (Å²) in [4.78, 5) is 4.45. The molecule has 2 aromatic rings. The van der Waals surface area contributed by atoms with Gasteiger partial charge in [-0.3, -0.25) is 0 Å². The van der Waals surface area contributed by atoms with E-state index in [0.717, 1.165) is 36.3 Å². The quantitative estimate of drug-likeness (QED) is 0.794. The van der Waals surface area contributed by atoms with Gasteiger partial charge >= 0.3 is 0 Å². The Balaban J connectivity index is 1.97. The molecule has 0 aliphatic heterocycles. The minimum absolute atomic E-state index is 0.505. The SMILES string of the molecule is COc1ccc(-c2noc(CCCNC(C)C)n2)cc1C. The van der Waals surface area contributed by atoms with Crippen molar-refractivity contribution in [3.05, 3.63) is 29.7 Å². The number of aromatic nitrogens is 2. The molecular weight excluding hydrogens is 266 g/mol. The third-order valence-electron chi connectivity index (χ3n) is 3.24. The van der Waals surface area contributed by atoms with E-state index in [9.17, 15) is 0 Å². The number of hydrogen-bond donors (Lipinski definition) is 1. The van der Waals surface area contributed by atoms with E-state index in [4.69, 9.17) is 9.26 Å². The summed E-state index contributed by atoms with van der Waals surface area (Å²) in [5.41, 5.74) is 2.01. The summed E-state index contributed by atoms with van der Waals surface area (Å²) in [6, 6.07) is 6.38. The van der Waals surface area contributed by atoms with E-state index in [2.05, 4.69) is 29.3 Å². The van der Waals surface area contributed by atoms with E-state index in [-0.39, 0.29) is 0 Å². The van der Waals surface area contributed by atoms with Crippen molar-refractivity contribution < 1.29 is 9.26 Å². The molecule has 21 heavy (non-hydrogen) atoms. The fourth-order valence-electron chi connectivity index (χ4n) is 2.12. The van der Waals surface area contributed by atoms with Crippen molar-refractivity contribution >= 4 is 0 Å². The Morgan fingerprint density at radius 3 is 2.81 bits per heavy atom. The Kier molecular flexibility index (Phi) is 5.33. The average Bonchev–Trinajstić information content (AvgIpc) is 2.92. The van der Waals surface area contributed by atoms with Gasteiger partial charge in [-0.25, -0.2) is 0 Å². The molecule has 0 amide bonds. The summed E-state index contributed by atoms with van der Waals surface area (Å²) in [7, 11) is 1.67. The summed E-state index contributed by atoms with van der Waals surface area (Å²) in [5, 5.41) is 7.42. The lowest BCUT2D eigenvalue weighted by Gasteiger charge is -2.05. The largest absolute Gasteiger partial charge is 0.496 e. The number of rotatable bonds is 7. The second kappa shape index (κ2) is 7.22. The van der Waals surface area contributed by atoms with Crippen molar-refractivity contribution in [2.45, 2.75) is 39.7 Å². The first-order valence-electron chi connectivity index (χ1n) is 7.31. The molecule has 1 heterocycles. The maximum absolute atomic E-state index is 5.30. The summed E-state index contributed by atoms with van der Waals surface area (Å²) < 4.78 is 10.6. The number of nitrogens with one attached hydrogen (secondary N) is 1. The van der Waals surface area contributed by atoms with Crippen LogP contribution < -0.4 is 10.1 Å². The molecule has 0 radical (unpaired) electrons. The number of hydrogen-bond acceptors (Lipinski definition) is 5. The number of ether oxygens (including phenoxy) is 1. The predicted molar refractivity (Wildman–Crippen MR) is 82.5 cm³/mol. The van der Waals surface area contributed by atoms with Crippen molar-refractivity contribution in [1.29, 1.82) is 0 Å². The lowest BCUT2D eigenvalue weighted by Crippen LogP contribution is -2.23. The molecule has 0 bridgehead atoms. The van der Waals surface area contributed by atoms with Crippen molar-refractivity contribution in [1.82, 2.24) is 15.5 Å². The van der Waals surface area contributed by atoms with Crippen LogP contribution in [0.4, 0.5) is 0 Å². The lowest BCUT2D eigenvalue weighted by molar-refractivity contribution is 0.374. The Bertz CT molecular complexity index is 579. The molecule has 0 atom stereocenters. The van der Waals surface area contributed by atoms with E-state index in [1.54, 1.807) is 7.11 Å². The van der Waals surface area contributed by atoms with Gasteiger partial charge < -0.3 is 14.6 Å². The summed E-state index contributed by atoms with van der Waals surface area (Å²) in [6.07, 6.45) is 1.78. The Morgan fingerprint density at radius 2 is 2.14 bits per heavy atom. The van der Waals surface area contributed by atoms with Crippen LogP contribution in [-0.2, 0) is 6.42 Å². The highest BCUT2D eigenvalue weighted by Crippen LogP contribution is 2.24. The fraction of sp³-hybridized carbons (Fsp3) is 0.500. The lowest BCUT2D eigenvalue weighted by atomic mass is 10.1. The maximum atomic E-state index is 5.30. The van der Waals surface area contributed by atoms with Crippen molar-refractivity contribution in [2.24, 2.45) is 0 Å². The normalized spacial score (nSPS) is 11.1. The molecule has 0 saturated heterocycles. The zero-order valence-electron chi connectivity index (χ0n) is 13.1. The highest BCUT2D eigenvalue weighted by Gasteiger charge is 2.10. The van der Waals surface area contributed by atoms with Crippen LogP contribution in [0.15, 0.2) is 22.7 Å². The van der Waals surface area contributed by atoms with Crippen molar-refractivity contribution in [2.75, 3.05) is 13.7 Å². The van der Waals surface area contributed by atoms with Crippen LogP contribution in [-0.4, -0.2) is 29.8 Å². The Labute approximate surface area is 125 Å². The molecule has 0 spiro atoms. The number of nitrogens with zero attached hydrogens (tertiary/aromatic N) is 2. The van der Waals surface area contributed by atoms with Crippen LogP contribution in [0.3, 0.4) is 0 Å². The van der Waals surface area contributed by atoms with Gasteiger partial charge in [-0.15, -0.1) is 0 Å². The van der Waals surface area contributed by atoms with Crippen molar-refractivity contribution in [3.8, 4) is 17.1 Å². The third kappa shape index (κ3) is 4.29. The number of benzene rings is 1. The van der Waals surface area contributed by atoms with Gasteiger partial charge in [-0.1, -0.05) is 19.0 Å². The topological polar surface area (TPSA) is 60.2 Å². The minimum Gasteiger partial charge on any atom is -0.496 e. The first kappa shape index (κ1) is 15.5. The first-order chi connectivity index (χ1) is 10.1. The second-order valence-electron chi connectivity index (χ2n) is 5.41. The first-order valence-corrected chi connectivity index (χ1v) is 7.31. The van der Waals surface area contributed by atoms with Gasteiger partial charge in [-0.2, -0.15) is 4.98 Å². The fourth-order valence-corrected chi connectivity index (χ4v) is 2.12. The van der Waals surface area contributed by atoms with Crippen LogP contribution in [0.25, 0.3) is 11.4 Å². The van der Waals surface area contributed by atoms with Gasteiger partial charge in [0.1, 0.15) is 5.75 Å². The monoisotopic (exact) mass is 289 g/mol. The zero-order valence-corrected chi connectivity index (χ0v) is 13.1. The van der Waals surface area contributed by atoms with Crippen LogP contribution in [0.5, 0.6) is 5.75 Å². The van der Waals surface area contributed by atoms with Crippen LogP contribution in [0.1, 0.15) is 31.7 Å². The summed E-state index contributed by atoms with van der Waals surface area (Å²) in [5.74, 6) is 2.18. The second-order valence-corrected chi connectivity index (χ2v) is 5.41. The molecule has 1 N–H and O–H groups in total. The molecule has 114 valence electrons. The Morgan fingerprint density at radius 1 is 1.33 bits per heavy atom. The van der Waals surface area contributed by atoms with E-state index < -0.39 is 0 Å². The van der Waals surface area contributed by atoms with E-state index in [0.29, 0.717) is 17.8 Å². The number of aryl methyl sites for hydroxylation is 2. The van der Waals surface area contributed by atoms with E-state index >= 15 is 0 Å². The van der Waals surface area contributed by atoms with E-state index in [1.807, 2.05) is 25.1 Å². The van der Waals surface area contributed by atoms with Gasteiger partial charge in [0.25, 0.3) is 0 Å². The molecule has 0 unspecified atom stereocenters. The smallest absolute Gasteiger partial charge is 0.227 e.